The van der Waals surface area contributed by atoms with Gasteiger partial charge in [0.25, 0.3) is 0 Å². The zero-order valence-electron chi connectivity index (χ0n) is 14.6. The first kappa shape index (κ1) is 16.8. The van der Waals surface area contributed by atoms with Crippen LogP contribution in [0.5, 0.6) is 0 Å². The Bertz CT molecular complexity index is 1000. The minimum atomic E-state index is -3.75. The molecule has 0 bridgehead atoms. The van der Waals surface area contributed by atoms with E-state index in [-0.39, 0.29) is 9.92 Å². The van der Waals surface area contributed by atoms with Gasteiger partial charge in [0.1, 0.15) is 0 Å². The van der Waals surface area contributed by atoms with Gasteiger partial charge < -0.3 is 9.32 Å². The normalized spacial score (nSPS) is 14.7. The zero-order valence-corrected chi connectivity index (χ0v) is 15.4. The van der Waals surface area contributed by atoms with Crippen molar-refractivity contribution in [2.24, 2.45) is 0 Å². The second-order valence-corrected chi connectivity index (χ2v) is 8.37. The summed E-state index contributed by atoms with van der Waals surface area (Å²) in [4.78, 5) is 6.61. The Morgan fingerprint density at radius 2 is 1.62 bits per heavy atom. The first-order valence-electron chi connectivity index (χ1n) is 8.69. The van der Waals surface area contributed by atoms with Gasteiger partial charge in [0.05, 0.1) is 4.90 Å². The van der Waals surface area contributed by atoms with E-state index < -0.39 is 9.84 Å². The van der Waals surface area contributed by atoms with Crippen molar-refractivity contribution in [1.29, 1.82) is 0 Å². The molecule has 0 saturated carbocycles. The summed E-state index contributed by atoms with van der Waals surface area (Å²) >= 11 is 0. The molecule has 134 valence electrons. The monoisotopic (exact) mass is 368 g/mol. The quantitative estimate of drug-likeness (QED) is 0.694. The number of anilines is 1. The molecule has 1 aromatic heterocycles. The highest BCUT2D eigenvalue weighted by molar-refractivity contribution is 7.91. The molecule has 4 rings (SSSR count). The van der Waals surface area contributed by atoms with Crippen LogP contribution in [0.2, 0.25) is 0 Å². The maximum atomic E-state index is 13.2. The average molecular weight is 368 g/mol. The lowest BCUT2D eigenvalue weighted by atomic mass is 10.1. The molecule has 1 aliphatic rings. The summed E-state index contributed by atoms with van der Waals surface area (Å²) in [6.07, 6.45) is 2.04. The molecule has 1 fully saturated rings. The summed E-state index contributed by atoms with van der Waals surface area (Å²) in [5.41, 5.74) is 1.89. The number of hydrogen-bond acceptors (Lipinski definition) is 5. The molecular weight excluding hydrogens is 348 g/mol. The molecule has 0 spiro atoms. The molecule has 6 heteroatoms. The highest BCUT2D eigenvalue weighted by Gasteiger charge is 2.32. The number of nitrogens with zero attached hydrogens (tertiary/aromatic N) is 2. The standard InChI is InChI=1S/C20H20N2O3S/c1-15-9-11-16(12-10-15)18-21-19(20(25-18)22-13-5-6-14-22)26(23,24)17-7-3-2-4-8-17/h2-4,7-12H,5-6,13-14H2,1H3. The van der Waals surface area contributed by atoms with Crippen LogP contribution in [0.1, 0.15) is 18.4 Å². The topological polar surface area (TPSA) is 63.4 Å². The summed E-state index contributed by atoms with van der Waals surface area (Å²) in [5.74, 6) is 0.684. The van der Waals surface area contributed by atoms with Gasteiger partial charge in [0, 0.05) is 18.7 Å². The van der Waals surface area contributed by atoms with Crippen LogP contribution in [-0.2, 0) is 9.84 Å². The number of hydrogen-bond donors (Lipinski definition) is 0. The highest BCUT2D eigenvalue weighted by Crippen LogP contribution is 2.36. The third kappa shape index (κ3) is 3.01. The van der Waals surface area contributed by atoms with E-state index >= 15 is 0 Å². The van der Waals surface area contributed by atoms with Crippen LogP contribution in [0.3, 0.4) is 0 Å². The van der Waals surface area contributed by atoms with Gasteiger partial charge >= 0.3 is 0 Å². The van der Waals surface area contributed by atoms with E-state index in [1.807, 2.05) is 36.1 Å². The predicted molar refractivity (Wildman–Crippen MR) is 100 cm³/mol. The van der Waals surface area contributed by atoms with Crippen LogP contribution in [0.25, 0.3) is 11.5 Å². The maximum absolute atomic E-state index is 13.2. The largest absolute Gasteiger partial charge is 0.419 e. The van der Waals surface area contributed by atoms with Crippen molar-refractivity contribution >= 4 is 15.7 Å². The number of aromatic nitrogens is 1. The Hall–Kier alpha value is -2.60. The molecule has 0 aliphatic carbocycles. The van der Waals surface area contributed by atoms with Crippen LogP contribution in [-0.4, -0.2) is 26.5 Å². The summed E-state index contributed by atoms with van der Waals surface area (Å²) in [6.45, 7) is 3.56. The van der Waals surface area contributed by atoms with Crippen molar-refractivity contribution in [2.75, 3.05) is 18.0 Å². The molecule has 5 nitrogen and oxygen atoms in total. The Morgan fingerprint density at radius 3 is 2.27 bits per heavy atom. The Morgan fingerprint density at radius 1 is 0.962 bits per heavy atom. The molecule has 0 atom stereocenters. The van der Waals surface area contributed by atoms with E-state index in [0.29, 0.717) is 11.8 Å². The SMILES string of the molecule is Cc1ccc(-c2nc(S(=O)(=O)c3ccccc3)c(N3CCCC3)o2)cc1. The van der Waals surface area contributed by atoms with E-state index in [4.69, 9.17) is 4.42 Å². The fraction of sp³-hybridized carbons (Fsp3) is 0.250. The van der Waals surface area contributed by atoms with Crippen LogP contribution in [0.15, 0.2) is 68.9 Å². The lowest BCUT2D eigenvalue weighted by Crippen LogP contribution is -2.19. The molecule has 1 saturated heterocycles. The minimum absolute atomic E-state index is 0.00109. The van der Waals surface area contributed by atoms with Crippen LogP contribution in [0, 0.1) is 6.92 Å². The maximum Gasteiger partial charge on any atom is 0.236 e. The van der Waals surface area contributed by atoms with Gasteiger partial charge in [-0.2, -0.15) is 4.98 Å². The van der Waals surface area contributed by atoms with Crippen LogP contribution < -0.4 is 4.90 Å². The van der Waals surface area contributed by atoms with E-state index in [1.165, 1.54) is 0 Å². The highest BCUT2D eigenvalue weighted by atomic mass is 32.2. The van der Waals surface area contributed by atoms with Gasteiger partial charge in [0.2, 0.25) is 26.6 Å². The summed E-state index contributed by atoms with van der Waals surface area (Å²) in [6, 6.07) is 16.1. The van der Waals surface area contributed by atoms with E-state index in [0.717, 1.165) is 37.1 Å². The van der Waals surface area contributed by atoms with Crippen molar-refractivity contribution in [2.45, 2.75) is 29.7 Å². The molecule has 3 aromatic rings. The van der Waals surface area contributed by atoms with Crippen LogP contribution >= 0.6 is 0 Å². The molecule has 26 heavy (non-hydrogen) atoms. The van der Waals surface area contributed by atoms with Crippen molar-refractivity contribution in [3.05, 3.63) is 60.2 Å². The number of rotatable bonds is 4. The van der Waals surface area contributed by atoms with E-state index in [1.54, 1.807) is 30.3 Å². The summed E-state index contributed by atoms with van der Waals surface area (Å²) in [7, 11) is -3.75. The smallest absolute Gasteiger partial charge is 0.236 e. The first-order valence-corrected chi connectivity index (χ1v) is 10.2. The molecule has 0 N–H and O–H groups in total. The average Bonchev–Trinajstić information content (AvgIpc) is 3.33. The van der Waals surface area contributed by atoms with E-state index in [2.05, 4.69) is 4.98 Å². The number of oxazole rings is 1. The van der Waals surface area contributed by atoms with Gasteiger partial charge in [-0.1, -0.05) is 35.9 Å². The fourth-order valence-corrected chi connectivity index (χ4v) is 4.47. The lowest BCUT2D eigenvalue weighted by Gasteiger charge is -2.14. The zero-order chi connectivity index (χ0) is 18.1. The molecule has 0 unspecified atom stereocenters. The van der Waals surface area contributed by atoms with Gasteiger partial charge in [0.15, 0.2) is 0 Å². The Kier molecular flexibility index (Phi) is 4.28. The number of sulfone groups is 1. The Balaban J connectivity index is 1.86. The van der Waals surface area contributed by atoms with Gasteiger partial charge in [-0.15, -0.1) is 0 Å². The molecular formula is C20H20N2O3S. The number of aryl methyl sites for hydroxylation is 1. The first-order chi connectivity index (χ1) is 12.6. The van der Waals surface area contributed by atoms with Gasteiger partial charge in [-0.25, -0.2) is 8.42 Å². The molecule has 1 aliphatic heterocycles. The predicted octanol–water partition coefficient (Wildman–Crippen LogP) is 4.08. The van der Waals surface area contributed by atoms with Crippen molar-refractivity contribution in [1.82, 2.24) is 4.98 Å². The van der Waals surface area contributed by atoms with Crippen molar-refractivity contribution in [3.63, 3.8) is 0 Å². The second-order valence-electron chi connectivity index (χ2n) is 6.51. The van der Waals surface area contributed by atoms with Gasteiger partial charge in [-0.3, -0.25) is 0 Å². The molecule has 0 amide bonds. The molecule has 2 aromatic carbocycles. The minimum Gasteiger partial charge on any atom is -0.419 e. The molecule has 0 radical (unpaired) electrons. The molecule has 2 heterocycles. The van der Waals surface area contributed by atoms with Gasteiger partial charge in [-0.05, 0) is 44.0 Å². The number of benzene rings is 2. The fourth-order valence-electron chi connectivity index (χ4n) is 3.12. The third-order valence-corrected chi connectivity index (χ3v) is 6.25. The van der Waals surface area contributed by atoms with Crippen molar-refractivity contribution < 1.29 is 12.8 Å². The van der Waals surface area contributed by atoms with E-state index in [9.17, 15) is 8.42 Å². The lowest BCUT2D eigenvalue weighted by molar-refractivity contribution is 0.556. The third-order valence-electron chi connectivity index (χ3n) is 4.58. The Labute approximate surface area is 153 Å². The van der Waals surface area contributed by atoms with Crippen LogP contribution in [0.4, 0.5) is 5.88 Å². The second kappa shape index (κ2) is 6.61. The summed E-state index contributed by atoms with van der Waals surface area (Å²) < 4.78 is 32.3. The summed E-state index contributed by atoms with van der Waals surface area (Å²) in [5, 5.41) is 0.00109. The van der Waals surface area contributed by atoms with Crippen molar-refractivity contribution in [3.8, 4) is 11.5 Å².